The Bertz CT molecular complexity index is 559. The number of aliphatic hydroxyl groups excluding tert-OH is 1. The number of halogens is 1. The molecule has 21 heavy (non-hydrogen) atoms. The summed E-state index contributed by atoms with van der Waals surface area (Å²) >= 11 is 0. The summed E-state index contributed by atoms with van der Waals surface area (Å²) in [4.78, 5) is 2.04. The molecule has 0 aromatic heterocycles. The first kappa shape index (κ1) is 16.4. The van der Waals surface area contributed by atoms with Gasteiger partial charge in [-0.15, -0.1) is 0 Å². The Hall–Kier alpha value is -0.980. The van der Waals surface area contributed by atoms with Gasteiger partial charge >= 0.3 is 0 Å². The molecule has 1 aliphatic rings. The molecular weight excluding hydrogens is 293 g/mol. The summed E-state index contributed by atoms with van der Waals surface area (Å²) in [5, 5.41) is 10.3. The first-order valence-corrected chi connectivity index (χ1v) is 9.11. The van der Waals surface area contributed by atoms with Crippen molar-refractivity contribution >= 4 is 9.84 Å². The lowest BCUT2D eigenvalue weighted by molar-refractivity contribution is 0.0926. The molecule has 1 aromatic rings. The van der Waals surface area contributed by atoms with Crippen molar-refractivity contribution in [3.63, 3.8) is 0 Å². The summed E-state index contributed by atoms with van der Waals surface area (Å²) in [5.41, 5.74) is 0.651. The summed E-state index contributed by atoms with van der Waals surface area (Å²) in [5.74, 6) is 0.0615. The second-order valence-corrected chi connectivity index (χ2v) is 7.85. The van der Waals surface area contributed by atoms with Crippen LogP contribution >= 0.6 is 0 Å². The summed E-state index contributed by atoms with van der Waals surface area (Å²) < 4.78 is 36.1. The molecule has 0 saturated carbocycles. The monoisotopic (exact) mass is 315 g/mol. The fraction of sp³-hybridized carbons (Fsp3) is 0.600. The summed E-state index contributed by atoms with van der Waals surface area (Å²) in [6, 6.07) is 5.75. The average molecular weight is 315 g/mol. The van der Waals surface area contributed by atoms with Crippen LogP contribution in [0.4, 0.5) is 4.39 Å². The van der Waals surface area contributed by atoms with E-state index in [0.717, 1.165) is 13.0 Å². The highest BCUT2D eigenvalue weighted by molar-refractivity contribution is 7.91. The van der Waals surface area contributed by atoms with Crippen LogP contribution < -0.4 is 0 Å². The number of hydrogen-bond acceptors (Lipinski definition) is 4. The molecule has 2 atom stereocenters. The van der Waals surface area contributed by atoms with Crippen LogP contribution in [-0.4, -0.2) is 49.1 Å². The van der Waals surface area contributed by atoms with E-state index in [2.05, 4.69) is 0 Å². The van der Waals surface area contributed by atoms with Gasteiger partial charge in [0.05, 0.1) is 17.6 Å². The summed E-state index contributed by atoms with van der Waals surface area (Å²) in [6.45, 7) is 3.15. The number of rotatable bonds is 6. The van der Waals surface area contributed by atoms with Gasteiger partial charge in [-0.3, -0.25) is 4.90 Å². The third-order valence-corrected chi connectivity index (χ3v) is 5.65. The molecule has 0 amide bonds. The molecule has 1 fully saturated rings. The molecule has 1 aliphatic heterocycles. The van der Waals surface area contributed by atoms with Crippen LogP contribution in [0.5, 0.6) is 0 Å². The fourth-order valence-electron chi connectivity index (χ4n) is 2.79. The lowest BCUT2D eigenvalue weighted by Gasteiger charge is -2.29. The number of sulfone groups is 1. The quantitative estimate of drug-likeness (QED) is 0.869. The summed E-state index contributed by atoms with van der Waals surface area (Å²) in [6.07, 6.45) is 0.783. The van der Waals surface area contributed by atoms with E-state index in [1.807, 2.05) is 11.8 Å². The van der Waals surface area contributed by atoms with Crippen LogP contribution in [0.1, 0.15) is 31.4 Å². The van der Waals surface area contributed by atoms with Crippen molar-refractivity contribution in [3.8, 4) is 0 Å². The third-order valence-electron chi connectivity index (χ3n) is 3.90. The van der Waals surface area contributed by atoms with Crippen molar-refractivity contribution in [2.45, 2.75) is 31.9 Å². The highest BCUT2D eigenvalue weighted by Gasteiger charge is 2.32. The predicted molar refractivity (Wildman–Crippen MR) is 80.3 cm³/mol. The molecule has 0 radical (unpaired) electrons. The zero-order valence-electron chi connectivity index (χ0n) is 12.2. The van der Waals surface area contributed by atoms with Gasteiger partial charge < -0.3 is 5.11 Å². The van der Waals surface area contributed by atoms with E-state index in [0.29, 0.717) is 18.5 Å². The van der Waals surface area contributed by atoms with E-state index in [-0.39, 0.29) is 23.4 Å². The van der Waals surface area contributed by atoms with Gasteiger partial charge in [0.1, 0.15) is 5.82 Å². The number of benzene rings is 1. The largest absolute Gasteiger partial charge is 0.387 e. The SMILES string of the molecule is CCCN(CC(O)c1ccc(F)cc1)C1CCS(=O)(=O)C1. The van der Waals surface area contributed by atoms with Gasteiger partial charge in [-0.2, -0.15) is 0 Å². The Balaban J connectivity index is 2.04. The van der Waals surface area contributed by atoms with Gasteiger partial charge in [0.15, 0.2) is 9.84 Å². The zero-order chi connectivity index (χ0) is 15.5. The van der Waals surface area contributed by atoms with E-state index in [1.165, 1.54) is 12.1 Å². The number of hydrogen-bond donors (Lipinski definition) is 1. The second kappa shape index (κ2) is 6.85. The Morgan fingerprint density at radius 3 is 2.57 bits per heavy atom. The second-order valence-electron chi connectivity index (χ2n) is 5.62. The summed E-state index contributed by atoms with van der Waals surface area (Å²) in [7, 11) is -2.94. The van der Waals surface area contributed by atoms with Crippen LogP contribution in [0.2, 0.25) is 0 Å². The van der Waals surface area contributed by atoms with Crippen molar-refractivity contribution in [2.24, 2.45) is 0 Å². The molecule has 118 valence electrons. The van der Waals surface area contributed by atoms with Crippen LogP contribution in [-0.2, 0) is 9.84 Å². The van der Waals surface area contributed by atoms with Crippen molar-refractivity contribution in [3.05, 3.63) is 35.6 Å². The molecule has 6 heteroatoms. The average Bonchev–Trinajstić information content (AvgIpc) is 2.79. The van der Waals surface area contributed by atoms with Crippen LogP contribution in [0.3, 0.4) is 0 Å². The molecular formula is C15H22FNO3S. The predicted octanol–water partition coefficient (Wildman–Crippen LogP) is 1.76. The van der Waals surface area contributed by atoms with Gasteiger partial charge in [-0.25, -0.2) is 12.8 Å². The fourth-order valence-corrected chi connectivity index (χ4v) is 4.55. The lowest BCUT2D eigenvalue weighted by Crippen LogP contribution is -2.39. The standard InChI is InChI=1S/C15H22FNO3S/c1-2-8-17(14-7-9-21(19,20)11-14)10-15(18)12-3-5-13(16)6-4-12/h3-6,14-15,18H,2,7-11H2,1H3. The molecule has 0 spiro atoms. The lowest BCUT2D eigenvalue weighted by atomic mass is 10.1. The van der Waals surface area contributed by atoms with Crippen molar-refractivity contribution in [1.29, 1.82) is 0 Å². The highest BCUT2D eigenvalue weighted by Crippen LogP contribution is 2.22. The van der Waals surface area contributed by atoms with Crippen LogP contribution in [0.25, 0.3) is 0 Å². The minimum absolute atomic E-state index is 0.0231. The van der Waals surface area contributed by atoms with Gasteiger partial charge in [0.25, 0.3) is 0 Å². The van der Waals surface area contributed by atoms with Crippen molar-refractivity contribution in [2.75, 3.05) is 24.6 Å². The molecule has 2 unspecified atom stereocenters. The minimum Gasteiger partial charge on any atom is -0.387 e. The van der Waals surface area contributed by atoms with E-state index < -0.39 is 15.9 Å². The maximum Gasteiger partial charge on any atom is 0.151 e. The van der Waals surface area contributed by atoms with E-state index in [9.17, 15) is 17.9 Å². The highest BCUT2D eigenvalue weighted by atomic mass is 32.2. The van der Waals surface area contributed by atoms with Gasteiger partial charge in [0.2, 0.25) is 0 Å². The maximum absolute atomic E-state index is 12.9. The zero-order valence-corrected chi connectivity index (χ0v) is 13.0. The Morgan fingerprint density at radius 1 is 1.38 bits per heavy atom. The molecule has 1 heterocycles. The van der Waals surface area contributed by atoms with Crippen molar-refractivity contribution < 1.29 is 17.9 Å². The number of nitrogens with zero attached hydrogens (tertiary/aromatic N) is 1. The van der Waals surface area contributed by atoms with E-state index in [4.69, 9.17) is 0 Å². The first-order valence-electron chi connectivity index (χ1n) is 7.29. The Kier molecular flexibility index (Phi) is 5.35. The normalized spacial score (nSPS) is 22.6. The minimum atomic E-state index is -2.94. The smallest absolute Gasteiger partial charge is 0.151 e. The van der Waals surface area contributed by atoms with Crippen LogP contribution in [0, 0.1) is 5.82 Å². The van der Waals surface area contributed by atoms with Crippen LogP contribution in [0.15, 0.2) is 24.3 Å². The molecule has 1 N–H and O–H groups in total. The Morgan fingerprint density at radius 2 is 2.05 bits per heavy atom. The molecule has 2 rings (SSSR count). The molecule has 1 aromatic carbocycles. The first-order chi connectivity index (χ1) is 9.91. The van der Waals surface area contributed by atoms with Gasteiger partial charge in [0, 0.05) is 12.6 Å². The van der Waals surface area contributed by atoms with E-state index in [1.54, 1.807) is 12.1 Å². The third kappa shape index (κ3) is 4.49. The van der Waals surface area contributed by atoms with Gasteiger partial charge in [-0.05, 0) is 37.1 Å². The number of aliphatic hydroxyl groups is 1. The Labute approximate surface area is 125 Å². The topological polar surface area (TPSA) is 57.6 Å². The molecule has 1 saturated heterocycles. The molecule has 0 bridgehead atoms. The van der Waals surface area contributed by atoms with E-state index >= 15 is 0 Å². The molecule has 4 nitrogen and oxygen atoms in total. The maximum atomic E-state index is 12.9. The van der Waals surface area contributed by atoms with Crippen molar-refractivity contribution in [1.82, 2.24) is 4.90 Å². The van der Waals surface area contributed by atoms with Gasteiger partial charge in [-0.1, -0.05) is 19.1 Å². The molecule has 0 aliphatic carbocycles.